The quantitative estimate of drug-likeness (QED) is 0.464. The van der Waals surface area contributed by atoms with Gasteiger partial charge in [-0.05, 0) is 45.3 Å². The van der Waals surface area contributed by atoms with Gasteiger partial charge in [0, 0.05) is 32.2 Å². The van der Waals surface area contributed by atoms with Crippen molar-refractivity contribution in [2.24, 2.45) is 0 Å². The number of nitrogens with zero attached hydrogens (tertiary/aromatic N) is 1. The maximum absolute atomic E-state index is 12.3. The molecule has 19 heavy (non-hydrogen) atoms. The van der Waals surface area contributed by atoms with Gasteiger partial charge >= 0.3 is 0 Å². The number of nitro groups is 1. The summed E-state index contributed by atoms with van der Waals surface area (Å²) in [6, 6.07) is 8.00. The van der Waals surface area contributed by atoms with Crippen LogP contribution in [0.25, 0.3) is 11.1 Å². The van der Waals surface area contributed by atoms with Crippen LogP contribution in [0.3, 0.4) is 0 Å². The molecule has 0 amide bonds. The number of nitro benzene ring substituents is 1. The van der Waals surface area contributed by atoms with E-state index >= 15 is 0 Å². The van der Waals surface area contributed by atoms with Crippen LogP contribution >= 0.6 is 31.9 Å². The van der Waals surface area contributed by atoms with Gasteiger partial charge in [-0.15, -0.1) is 0 Å². The summed E-state index contributed by atoms with van der Waals surface area (Å²) in [5.41, 5.74) is 2.38. The summed E-state index contributed by atoms with van der Waals surface area (Å²) in [5, 5.41) is 10.8. The minimum Gasteiger partial charge on any atom is -0.289 e. The molecule has 0 fully saturated rings. The number of carbonyl (C=O) groups excluding carboxylic acids is 1. The number of fused-ring (bicyclic) bond motifs is 3. The Labute approximate surface area is 124 Å². The largest absolute Gasteiger partial charge is 0.289 e. The van der Waals surface area contributed by atoms with Crippen LogP contribution in [0.4, 0.5) is 5.69 Å². The minimum absolute atomic E-state index is 0.0740. The van der Waals surface area contributed by atoms with Crippen LogP contribution in [-0.2, 0) is 0 Å². The van der Waals surface area contributed by atoms with E-state index in [4.69, 9.17) is 0 Å². The zero-order valence-corrected chi connectivity index (χ0v) is 12.5. The molecule has 2 aromatic rings. The van der Waals surface area contributed by atoms with Crippen molar-refractivity contribution in [2.45, 2.75) is 0 Å². The SMILES string of the molecule is O=C1c2cc([N+](=O)[O-])ccc2-c2cc(Br)cc(Br)c21. The van der Waals surface area contributed by atoms with E-state index in [9.17, 15) is 14.9 Å². The van der Waals surface area contributed by atoms with Crippen LogP contribution in [-0.4, -0.2) is 10.7 Å². The number of ketones is 1. The van der Waals surface area contributed by atoms with Gasteiger partial charge < -0.3 is 0 Å². The number of benzene rings is 2. The molecule has 1 aliphatic rings. The molecule has 0 N–H and O–H groups in total. The Kier molecular flexibility index (Phi) is 2.79. The van der Waals surface area contributed by atoms with E-state index in [0.29, 0.717) is 15.6 Å². The summed E-state index contributed by atoms with van der Waals surface area (Å²) in [6.07, 6.45) is 0. The lowest BCUT2D eigenvalue weighted by Crippen LogP contribution is -1.97. The maximum Gasteiger partial charge on any atom is 0.270 e. The Morgan fingerprint density at radius 3 is 2.42 bits per heavy atom. The average molecular weight is 383 g/mol. The van der Waals surface area contributed by atoms with Crippen molar-refractivity contribution in [1.29, 1.82) is 0 Å². The number of rotatable bonds is 1. The standard InChI is InChI=1S/C13H5Br2NO3/c14-6-3-9-8-2-1-7(16(18)19)5-10(8)13(17)12(9)11(15)4-6/h1-5H. The Bertz CT molecular complexity index is 756. The van der Waals surface area contributed by atoms with Crippen LogP contribution in [0.15, 0.2) is 39.3 Å². The summed E-state index contributed by atoms with van der Waals surface area (Å²) in [4.78, 5) is 22.6. The van der Waals surface area contributed by atoms with Gasteiger partial charge in [0.1, 0.15) is 0 Å². The second-order valence-corrected chi connectivity index (χ2v) is 5.90. The van der Waals surface area contributed by atoms with Gasteiger partial charge in [-0.2, -0.15) is 0 Å². The third-order valence-corrected chi connectivity index (χ3v) is 4.11. The number of hydrogen-bond donors (Lipinski definition) is 0. The number of hydrogen-bond acceptors (Lipinski definition) is 3. The molecule has 0 saturated heterocycles. The van der Waals surface area contributed by atoms with E-state index in [0.717, 1.165) is 15.6 Å². The van der Waals surface area contributed by atoms with Crippen molar-refractivity contribution in [2.75, 3.05) is 0 Å². The Hall–Kier alpha value is -1.53. The highest BCUT2D eigenvalue weighted by Gasteiger charge is 2.30. The fraction of sp³-hybridized carbons (Fsp3) is 0. The molecule has 1 aliphatic carbocycles. The van der Waals surface area contributed by atoms with Gasteiger partial charge in [-0.25, -0.2) is 0 Å². The second-order valence-electron chi connectivity index (χ2n) is 4.13. The summed E-state index contributed by atoms with van der Waals surface area (Å²) in [5.74, 6) is -0.187. The van der Waals surface area contributed by atoms with Crippen molar-refractivity contribution in [3.05, 3.63) is 60.5 Å². The first-order valence-corrected chi connectivity index (χ1v) is 6.90. The molecule has 0 aromatic heterocycles. The Morgan fingerprint density at radius 2 is 1.74 bits per heavy atom. The normalized spacial score (nSPS) is 12.2. The lowest BCUT2D eigenvalue weighted by atomic mass is 10.1. The predicted molar refractivity (Wildman–Crippen MR) is 77.4 cm³/mol. The highest BCUT2D eigenvalue weighted by molar-refractivity contribution is 9.11. The monoisotopic (exact) mass is 381 g/mol. The minimum atomic E-state index is -0.499. The van der Waals surface area contributed by atoms with Crippen LogP contribution in [0.2, 0.25) is 0 Å². The fourth-order valence-electron chi connectivity index (χ4n) is 2.22. The molecule has 0 radical (unpaired) electrons. The van der Waals surface area contributed by atoms with Crippen molar-refractivity contribution in [3.8, 4) is 11.1 Å². The van der Waals surface area contributed by atoms with E-state index < -0.39 is 4.92 Å². The predicted octanol–water partition coefficient (Wildman–Crippen LogP) is 4.33. The summed E-state index contributed by atoms with van der Waals surface area (Å²) in [6.45, 7) is 0. The molecule has 6 heteroatoms. The number of non-ortho nitro benzene ring substituents is 1. The average Bonchev–Trinajstić information content (AvgIpc) is 2.62. The van der Waals surface area contributed by atoms with Crippen LogP contribution in [0.1, 0.15) is 15.9 Å². The van der Waals surface area contributed by atoms with Crippen molar-refractivity contribution < 1.29 is 9.72 Å². The van der Waals surface area contributed by atoms with Crippen molar-refractivity contribution in [3.63, 3.8) is 0 Å². The van der Waals surface area contributed by atoms with Gasteiger partial charge in [-0.1, -0.05) is 15.9 Å². The van der Waals surface area contributed by atoms with E-state index in [1.807, 2.05) is 6.07 Å². The molecule has 0 saturated carbocycles. The van der Waals surface area contributed by atoms with Gasteiger partial charge in [0.15, 0.2) is 5.78 Å². The molecule has 0 aliphatic heterocycles. The number of carbonyl (C=O) groups is 1. The zero-order chi connectivity index (χ0) is 13.7. The topological polar surface area (TPSA) is 60.2 Å². The van der Waals surface area contributed by atoms with Gasteiger partial charge in [-0.3, -0.25) is 14.9 Å². The van der Waals surface area contributed by atoms with Gasteiger partial charge in [0.25, 0.3) is 5.69 Å². The summed E-state index contributed by atoms with van der Waals surface area (Å²) in [7, 11) is 0. The molecule has 2 aromatic carbocycles. The van der Waals surface area contributed by atoms with E-state index in [1.165, 1.54) is 12.1 Å². The lowest BCUT2D eigenvalue weighted by Gasteiger charge is -2.02. The summed E-state index contributed by atoms with van der Waals surface area (Å²) >= 11 is 6.74. The smallest absolute Gasteiger partial charge is 0.270 e. The molecule has 0 bridgehead atoms. The first-order chi connectivity index (χ1) is 8.99. The number of halogens is 2. The third kappa shape index (κ3) is 1.82. The molecule has 4 nitrogen and oxygen atoms in total. The Balaban J connectivity index is 2.31. The molecular weight excluding hydrogens is 378 g/mol. The highest BCUT2D eigenvalue weighted by atomic mass is 79.9. The molecule has 0 spiro atoms. The molecule has 3 rings (SSSR count). The molecule has 0 heterocycles. The van der Waals surface area contributed by atoms with Gasteiger partial charge in [0.05, 0.1) is 4.92 Å². The fourth-order valence-corrected chi connectivity index (χ4v) is 3.63. The van der Waals surface area contributed by atoms with Gasteiger partial charge in [0.2, 0.25) is 0 Å². The third-order valence-electron chi connectivity index (χ3n) is 3.03. The molecule has 94 valence electrons. The summed E-state index contributed by atoms with van der Waals surface area (Å²) < 4.78 is 1.53. The van der Waals surface area contributed by atoms with E-state index in [-0.39, 0.29) is 11.5 Å². The first kappa shape index (κ1) is 12.5. The second kappa shape index (κ2) is 4.25. The maximum atomic E-state index is 12.3. The Morgan fingerprint density at radius 1 is 1.00 bits per heavy atom. The molecular formula is C13H5Br2NO3. The first-order valence-electron chi connectivity index (χ1n) is 5.31. The van der Waals surface area contributed by atoms with Crippen LogP contribution < -0.4 is 0 Å². The van der Waals surface area contributed by atoms with Crippen molar-refractivity contribution in [1.82, 2.24) is 0 Å². The van der Waals surface area contributed by atoms with Crippen LogP contribution in [0, 0.1) is 10.1 Å². The lowest BCUT2D eigenvalue weighted by molar-refractivity contribution is -0.384. The van der Waals surface area contributed by atoms with E-state index in [2.05, 4.69) is 31.9 Å². The highest BCUT2D eigenvalue weighted by Crippen LogP contribution is 2.42. The molecule has 0 unspecified atom stereocenters. The zero-order valence-electron chi connectivity index (χ0n) is 9.31. The van der Waals surface area contributed by atoms with Crippen LogP contribution in [0.5, 0.6) is 0 Å². The van der Waals surface area contributed by atoms with Crippen molar-refractivity contribution >= 4 is 43.3 Å². The molecule has 0 atom stereocenters. The van der Waals surface area contributed by atoms with E-state index in [1.54, 1.807) is 12.1 Å².